The van der Waals surface area contributed by atoms with E-state index in [1.807, 2.05) is 38.1 Å². The summed E-state index contributed by atoms with van der Waals surface area (Å²) in [6.45, 7) is 3.90. The van der Waals surface area contributed by atoms with Crippen LogP contribution in [0.1, 0.15) is 22.8 Å². The zero-order chi connectivity index (χ0) is 17.8. The molecule has 2 aromatic carbocycles. The molecule has 5 nitrogen and oxygen atoms in total. The number of nitrogens with zero attached hydrogens (tertiary/aromatic N) is 2. The number of aryl methyl sites for hydroxylation is 1. The Balaban J connectivity index is 1.69. The molecule has 25 heavy (non-hydrogen) atoms. The van der Waals surface area contributed by atoms with Crippen LogP contribution in [0, 0.1) is 6.92 Å². The maximum Gasteiger partial charge on any atom is 0.209 e. The lowest BCUT2D eigenvalue weighted by Gasteiger charge is -2.08. The fourth-order valence-electron chi connectivity index (χ4n) is 2.34. The van der Waals surface area contributed by atoms with Gasteiger partial charge in [0, 0.05) is 11.1 Å². The molecule has 6 heteroatoms. The Morgan fingerprint density at radius 2 is 1.80 bits per heavy atom. The van der Waals surface area contributed by atoms with Gasteiger partial charge in [0.15, 0.2) is 11.6 Å². The van der Waals surface area contributed by atoms with Crippen molar-refractivity contribution < 1.29 is 9.53 Å². The topological polar surface area (TPSA) is 67.9 Å². The van der Waals surface area contributed by atoms with Crippen LogP contribution in [0.25, 0.3) is 11.4 Å². The van der Waals surface area contributed by atoms with E-state index in [-0.39, 0.29) is 11.0 Å². The molecule has 0 unspecified atom stereocenters. The van der Waals surface area contributed by atoms with Crippen LogP contribution in [0.4, 0.5) is 0 Å². The number of aromatic nitrogens is 3. The molecule has 0 radical (unpaired) electrons. The Morgan fingerprint density at radius 1 is 1.12 bits per heavy atom. The maximum atomic E-state index is 12.5. The largest absolute Gasteiger partial charge is 0.497 e. The number of ketones is 1. The summed E-state index contributed by atoms with van der Waals surface area (Å²) >= 11 is 1.34. The number of ether oxygens (including phenoxy) is 1. The smallest absolute Gasteiger partial charge is 0.209 e. The summed E-state index contributed by atoms with van der Waals surface area (Å²) in [5.74, 6) is 1.47. The third-order valence-electron chi connectivity index (χ3n) is 3.82. The molecular formula is C19H19N3O2S. The molecule has 0 spiro atoms. The van der Waals surface area contributed by atoms with Gasteiger partial charge >= 0.3 is 0 Å². The van der Waals surface area contributed by atoms with Crippen molar-refractivity contribution in [1.82, 2.24) is 15.2 Å². The molecule has 128 valence electrons. The molecule has 0 aliphatic heterocycles. The van der Waals surface area contributed by atoms with Crippen molar-refractivity contribution in [3.8, 4) is 17.1 Å². The first kappa shape index (κ1) is 17.2. The van der Waals surface area contributed by atoms with Crippen molar-refractivity contribution in [2.45, 2.75) is 24.3 Å². The molecule has 1 aromatic heterocycles. The fourth-order valence-corrected chi connectivity index (χ4v) is 3.14. The number of aromatic amines is 1. The Labute approximate surface area is 150 Å². The molecule has 0 aliphatic rings. The molecule has 0 fully saturated rings. The minimum absolute atomic E-state index is 0.0364. The van der Waals surface area contributed by atoms with E-state index in [2.05, 4.69) is 15.2 Å². The Hall–Kier alpha value is -2.60. The van der Waals surface area contributed by atoms with Crippen molar-refractivity contribution in [1.29, 1.82) is 0 Å². The molecule has 0 aliphatic carbocycles. The Morgan fingerprint density at radius 3 is 2.44 bits per heavy atom. The van der Waals surface area contributed by atoms with Gasteiger partial charge in [-0.1, -0.05) is 41.6 Å². The summed E-state index contributed by atoms with van der Waals surface area (Å²) in [7, 11) is 1.60. The molecule has 1 heterocycles. The van der Waals surface area contributed by atoms with Crippen LogP contribution in [0.15, 0.2) is 53.7 Å². The second-order valence-electron chi connectivity index (χ2n) is 5.69. The summed E-state index contributed by atoms with van der Waals surface area (Å²) in [4.78, 5) is 17.0. The number of rotatable bonds is 6. The summed E-state index contributed by atoms with van der Waals surface area (Å²) in [6, 6.07) is 15.2. The molecular weight excluding hydrogens is 334 g/mol. The number of methoxy groups -OCH3 is 1. The van der Waals surface area contributed by atoms with Crippen LogP contribution in [0.3, 0.4) is 0 Å². The van der Waals surface area contributed by atoms with Crippen molar-refractivity contribution in [3.63, 3.8) is 0 Å². The zero-order valence-corrected chi connectivity index (χ0v) is 15.1. The van der Waals surface area contributed by atoms with Crippen LogP contribution < -0.4 is 4.74 Å². The summed E-state index contributed by atoms with van der Waals surface area (Å²) in [6.07, 6.45) is 0. The molecule has 0 saturated heterocycles. The van der Waals surface area contributed by atoms with Crippen LogP contribution in [-0.4, -0.2) is 33.3 Å². The van der Waals surface area contributed by atoms with Crippen molar-refractivity contribution in [3.05, 3.63) is 59.7 Å². The number of Topliss-reactive ketones (excluding diaryl/α,β-unsaturated/α-hetero) is 1. The van der Waals surface area contributed by atoms with Gasteiger partial charge in [-0.15, -0.1) is 5.10 Å². The molecule has 1 atom stereocenters. The highest BCUT2D eigenvalue weighted by molar-refractivity contribution is 8.00. The summed E-state index contributed by atoms with van der Waals surface area (Å²) in [5.41, 5.74) is 2.81. The van der Waals surface area contributed by atoms with Crippen LogP contribution in [0.2, 0.25) is 0 Å². The van der Waals surface area contributed by atoms with Crippen LogP contribution >= 0.6 is 11.8 Å². The number of carbonyl (C=O) groups is 1. The van der Waals surface area contributed by atoms with E-state index in [1.54, 1.807) is 31.4 Å². The molecule has 0 bridgehead atoms. The van der Waals surface area contributed by atoms with E-state index >= 15 is 0 Å². The van der Waals surface area contributed by atoms with Crippen LogP contribution in [0.5, 0.6) is 5.75 Å². The first-order valence-corrected chi connectivity index (χ1v) is 8.79. The minimum Gasteiger partial charge on any atom is -0.497 e. The molecule has 0 amide bonds. The second-order valence-corrected chi connectivity index (χ2v) is 6.99. The normalized spacial score (nSPS) is 12.0. The summed E-state index contributed by atoms with van der Waals surface area (Å²) in [5, 5.41) is 7.42. The van der Waals surface area contributed by atoms with Gasteiger partial charge < -0.3 is 4.74 Å². The summed E-state index contributed by atoms with van der Waals surface area (Å²) < 4.78 is 5.12. The zero-order valence-electron chi connectivity index (χ0n) is 14.3. The maximum absolute atomic E-state index is 12.5. The van der Waals surface area contributed by atoms with Crippen LogP contribution in [-0.2, 0) is 0 Å². The average molecular weight is 353 g/mol. The van der Waals surface area contributed by atoms with Crippen molar-refractivity contribution in [2.24, 2.45) is 0 Å². The van der Waals surface area contributed by atoms with E-state index in [4.69, 9.17) is 4.74 Å². The quantitative estimate of drug-likeness (QED) is 0.532. The van der Waals surface area contributed by atoms with Gasteiger partial charge in [0.25, 0.3) is 0 Å². The number of benzene rings is 2. The minimum atomic E-state index is -0.282. The number of hydrogen-bond donors (Lipinski definition) is 1. The molecule has 0 saturated carbocycles. The van der Waals surface area contributed by atoms with Crippen molar-refractivity contribution >= 4 is 17.5 Å². The third kappa shape index (κ3) is 4.09. The Bertz CT molecular complexity index is 857. The van der Waals surface area contributed by atoms with Gasteiger partial charge in [0.05, 0.1) is 12.4 Å². The Kier molecular flexibility index (Phi) is 5.19. The number of carbonyl (C=O) groups excluding carboxylic acids is 1. The SMILES string of the molecule is COc1ccc(C(=O)[C@@H](C)Sc2n[nH]c(-c3ccc(C)cc3)n2)cc1. The lowest BCUT2D eigenvalue weighted by molar-refractivity contribution is 0.0994. The van der Waals surface area contributed by atoms with Gasteiger partial charge in [0.1, 0.15) is 5.75 Å². The lowest BCUT2D eigenvalue weighted by atomic mass is 10.1. The van der Waals surface area contributed by atoms with E-state index in [1.165, 1.54) is 17.3 Å². The predicted octanol–water partition coefficient (Wildman–Crippen LogP) is 4.15. The van der Waals surface area contributed by atoms with E-state index in [0.717, 1.165) is 11.3 Å². The van der Waals surface area contributed by atoms with Crippen molar-refractivity contribution in [2.75, 3.05) is 7.11 Å². The van der Waals surface area contributed by atoms with Gasteiger partial charge in [-0.05, 0) is 38.1 Å². The standard InChI is InChI=1S/C19H19N3O2S/c1-12-4-6-15(7-5-12)18-20-19(22-21-18)25-13(2)17(23)14-8-10-16(24-3)11-9-14/h4-11,13H,1-3H3,(H,20,21,22)/t13-/m1/s1. The highest BCUT2D eigenvalue weighted by Gasteiger charge is 2.19. The molecule has 1 N–H and O–H groups in total. The predicted molar refractivity (Wildman–Crippen MR) is 99.2 cm³/mol. The first-order chi connectivity index (χ1) is 12.1. The highest BCUT2D eigenvalue weighted by Crippen LogP contribution is 2.25. The van der Waals surface area contributed by atoms with Gasteiger partial charge in [-0.25, -0.2) is 4.98 Å². The van der Waals surface area contributed by atoms with Gasteiger partial charge in [0.2, 0.25) is 5.16 Å². The number of H-pyrrole nitrogens is 1. The third-order valence-corrected chi connectivity index (χ3v) is 4.78. The van der Waals surface area contributed by atoms with Gasteiger partial charge in [-0.2, -0.15) is 0 Å². The van der Waals surface area contributed by atoms with E-state index < -0.39 is 0 Å². The van der Waals surface area contributed by atoms with E-state index in [0.29, 0.717) is 16.5 Å². The molecule has 3 rings (SSSR count). The van der Waals surface area contributed by atoms with Gasteiger partial charge in [-0.3, -0.25) is 9.89 Å². The number of nitrogens with one attached hydrogen (secondary N) is 1. The highest BCUT2D eigenvalue weighted by atomic mass is 32.2. The second kappa shape index (κ2) is 7.53. The first-order valence-electron chi connectivity index (χ1n) is 7.91. The average Bonchev–Trinajstić information content (AvgIpc) is 3.10. The number of hydrogen-bond acceptors (Lipinski definition) is 5. The number of thioether (sulfide) groups is 1. The van der Waals surface area contributed by atoms with E-state index in [9.17, 15) is 4.79 Å². The lowest BCUT2D eigenvalue weighted by Crippen LogP contribution is -2.13. The monoisotopic (exact) mass is 353 g/mol. The fraction of sp³-hybridized carbons (Fsp3) is 0.211. The molecule has 3 aromatic rings.